The van der Waals surface area contributed by atoms with Crippen LogP contribution in [-0.4, -0.2) is 32.9 Å². The molecule has 1 aliphatic heterocycles. The second-order valence-electron chi connectivity index (χ2n) is 2.40. The van der Waals surface area contributed by atoms with Gasteiger partial charge in [-0.25, -0.2) is 4.18 Å². The van der Waals surface area contributed by atoms with Gasteiger partial charge in [-0.3, -0.25) is 0 Å². The molecule has 1 saturated heterocycles. The van der Waals surface area contributed by atoms with E-state index in [0.29, 0.717) is 13.0 Å². The number of ether oxygens (including phenoxy) is 1. The third-order valence-electron chi connectivity index (χ3n) is 1.19. The highest BCUT2D eigenvalue weighted by atomic mass is 35.5. The van der Waals surface area contributed by atoms with Gasteiger partial charge in [0.2, 0.25) is 0 Å². The molecule has 0 radical (unpaired) electrons. The highest BCUT2D eigenvalue weighted by Crippen LogP contribution is 2.19. The van der Waals surface area contributed by atoms with E-state index in [1.807, 2.05) is 0 Å². The van der Waals surface area contributed by atoms with Crippen molar-refractivity contribution in [1.82, 2.24) is 0 Å². The zero-order valence-electron chi connectivity index (χ0n) is 5.99. The molecule has 6 heteroatoms. The fourth-order valence-electron chi connectivity index (χ4n) is 0.819. The summed E-state index contributed by atoms with van der Waals surface area (Å²) in [5, 5.41) is -0.137. The van der Waals surface area contributed by atoms with Gasteiger partial charge in [-0.05, 0) is 0 Å². The summed E-state index contributed by atoms with van der Waals surface area (Å²) >= 11 is 5.64. The second kappa shape index (κ2) is 3.26. The summed E-state index contributed by atoms with van der Waals surface area (Å²) in [6.07, 6.45) is 0.722. The number of rotatable bonds is 2. The van der Waals surface area contributed by atoms with Crippen LogP contribution in [0, 0.1) is 0 Å². The van der Waals surface area contributed by atoms with Crippen molar-refractivity contribution in [3.05, 3.63) is 0 Å². The van der Waals surface area contributed by atoms with E-state index in [9.17, 15) is 8.42 Å². The third kappa shape index (κ3) is 3.37. The van der Waals surface area contributed by atoms with Gasteiger partial charge in [0.05, 0.1) is 18.2 Å². The number of alkyl halides is 1. The van der Waals surface area contributed by atoms with E-state index in [0.717, 1.165) is 6.26 Å². The van der Waals surface area contributed by atoms with Crippen LogP contribution in [0.3, 0.4) is 0 Å². The standard InChI is InChI=1S/C5H9ClO4S/c1-11(7,8)10-5-2-4(6)3-9-5/h4-5H,2-3H2,1H3/t4-,5+/m1/s1. The van der Waals surface area contributed by atoms with E-state index in [2.05, 4.69) is 4.18 Å². The summed E-state index contributed by atoms with van der Waals surface area (Å²) in [7, 11) is -3.41. The molecule has 11 heavy (non-hydrogen) atoms. The van der Waals surface area contributed by atoms with Gasteiger partial charge in [0.25, 0.3) is 10.1 Å². The Hall–Kier alpha value is 0.160. The molecule has 0 bridgehead atoms. The zero-order chi connectivity index (χ0) is 8.48. The normalized spacial score (nSPS) is 32.5. The Bertz CT molecular complexity index is 225. The summed E-state index contributed by atoms with van der Waals surface area (Å²) in [4.78, 5) is 0. The SMILES string of the molecule is CS(=O)(=O)O[C@H]1C[C@@H](Cl)CO1. The van der Waals surface area contributed by atoms with Crippen molar-refractivity contribution in [2.75, 3.05) is 12.9 Å². The van der Waals surface area contributed by atoms with Crippen molar-refractivity contribution < 1.29 is 17.3 Å². The molecule has 0 amide bonds. The van der Waals surface area contributed by atoms with Gasteiger partial charge in [-0.1, -0.05) is 0 Å². The molecule has 1 heterocycles. The average Bonchev–Trinajstić information content (AvgIpc) is 2.10. The lowest BCUT2D eigenvalue weighted by Gasteiger charge is -2.06. The van der Waals surface area contributed by atoms with Gasteiger partial charge < -0.3 is 4.74 Å². The Balaban J connectivity index is 2.41. The highest BCUT2D eigenvalue weighted by molar-refractivity contribution is 7.86. The first kappa shape index (κ1) is 9.25. The van der Waals surface area contributed by atoms with Gasteiger partial charge >= 0.3 is 0 Å². The highest BCUT2D eigenvalue weighted by Gasteiger charge is 2.27. The van der Waals surface area contributed by atoms with E-state index in [4.69, 9.17) is 16.3 Å². The molecule has 1 rings (SSSR count). The first-order chi connectivity index (χ1) is 4.97. The first-order valence-corrected chi connectivity index (χ1v) is 5.36. The maximum atomic E-state index is 10.5. The van der Waals surface area contributed by atoms with Crippen molar-refractivity contribution in [1.29, 1.82) is 0 Å². The summed E-state index contributed by atoms with van der Waals surface area (Å²) in [5.41, 5.74) is 0. The van der Waals surface area contributed by atoms with E-state index >= 15 is 0 Å². The van der Waals surface area contributed by atoms with E-state index < -0.39 is 16.4 Å². The van der Waals surface area contributed by atoms with Crippen LogP contribution in [0.25, 0.3) is 0 Å². The van der Waals surface area contributed by atoms with Crippen LogP contribution in [0.2, 0.25) is 0 Å². The predicted molar refractivity (Wildman–Crippen MR) is 39.9 cm³/mol. The lowest BCUT2D eigenvalue weighted by atomic mass is 10.4. The van der Waals surface area contributed by atoms with E-state index in [1.165, 1.54) is 0 Å². The van der Waals surface area contributed by atoms with Crippen LogP contribution < -0.4 is 0 Å². The molecule has 0 aromatic carbocycles. The maximum absolute atomic E-state index is 10.5. The fourth-order valence-corrected chi connectivity index (χ4v) is 1.56. The van der Waals surface area contributed by atoms with Crippen LogP contribution in [0.4, 0.5) is 0 Å². The van der Waals surface area contributed by atoms with Crippen LogP contribution >= 0.6 is 11.6 Å². The number of halogens is 1. The van der Waals surface area contributed by atoms with Gasteiger partial charge in [0.15, 0.2) is 6.29 Å². The molecule has 0 N–H and O–H groups in total. The van der Waals surface area contributed by atoms with Crippen LogP contribution in [0.1, 0.15) is 6.42 Å². The Morgan fingerprint density at radius 3 is 2.64 bits per heavy atom. The quantitative estimate of drug-likeness (QED) is 0.476. The van der Waals surface area contributed by atoms with Gasteiger partial charge in [0, 0.05) is 6.42 Å². The van der Waals surface area contributed by atoms with Crippen molar-refractivity contribution in [3.63, 3.8) is 0 Å². The summed E-state index contributed by atoms with van der Waals surface area (Å²) in [6, 6.07) is 0. The first-order valence-electron chi connectivity index (χ1n) is 3.11. The maximum Gasteiger partial charge on any atom is 0.266 e. The molecule has 1 fully saturated rings. The summed E-state index contributed by atoms with van der Waals surface area (Å²) < 4.78 is 30.5. The molecule has 1 aliphatic rings. The number of hydrogen-bond donors (Lipinski definition) is 0. The van der Waals surface area contributed by atoms with Crippen molar-refractivity contribution in [3.8, 4) is 0 Å². The predicted octanol–water partition coefficient (Wildman–Crippen LogP) is 0.316. The Labute approximate surface area is 70.6 Å². The molecule has 0 aromatic rings. The summed E-state index contributed by atoms with van der Waals surface area (Å²) in [6.45, 7) is 0.349. The largest absolute Gasteiger partial charge is 0.350 e. The third-order valence-corrected chi connectivity index (χ3v) is 2.06. The topological polar surface area (TPSA) is 52.6 Å². The molecule has 0 aromatic heterocycles. The van der Waals surface area contributed by atoms with E-state index in [1.54, 1.807) is 0 Å². The van der Waals surface area contributed by atoms with Crippen LogP contribution in [-0.2, 0) is 19.0 Å². The lowest BCUT2D eigenvalue weighted by molar-refractivity contribution is -0.0338. The molecule has 0 spiro atoms. The van der Waals surface area contributed by atoms with Gasteiger partial charge in [0.1, 0.15) is 0 Å². The average molecular weight is 201 g/mol. The van der Waals surface area contributed by atoms with Crippen LogP contribution in [0.5, 0.6) is 0 Å². The van der Waals surface area contributed by atoms with Crippen LogP contribution in [0.15, 0.2) is 0 Å². The minimum Gasteiger partial charge on any atom is -0.350 e. The second-order valence-corrected chi connectivity index (χ2v) is 4.61. The van der Waals surface area contributed by atoms with Crippen molar-refractivity contribution in [2.24, 2.45) is 0 Å². The Morgan fingerprint density at radius 1 is 1.64 bits per heavy atom. The van der Waals surface area contributed by atoms with Crippen molar-refractivity contribution in [2.45, 2.75) is 18.1 Å². The number of hydrogen-bond acceptors (Lipinski definition) is 4. The molecule has 0 saturated carbocycles. The smallest absolute Gasteiger partial charge is 0.266 e. The molecule has 2 atom stereocenters. The summed E-state index contributed by atoms with van der Waals surface area (Å²) in [5.74, 6) is 0. The molecule has 66 valence electrons. The molecule has 0 aliphatic carbocycles. The fraction of sp³-hybridized carbons (Fsp3) is 1.00. The molecule has 4 nitrogen and oxygen atoms in total. The minimum absolute atomic E-state index is 0.137. The molecule has 0 unspecified atom stereocenters. The monoisotopic (exact) mass is 200 g/mol. The van der Waals surface area contributed by atoms with E-state index in [-0.39, 0.29) is 5.38 Å². The minimum atomic E-state index is -3.41. The zero-order valence-corrected chi connectivity index (χ0v) is 7.56. The molecular formula is C5H9ClO4S. The Morgan fingerprint density at radius 2 is 2.27 bits per heavy atom. The van der Waals surface area contributed by atoms with Gasteiger partial charge in [-0.2, -0.15) is 8.42 Å². The lowest BCUT2D eigenvalue weighted by Crippen LogP contribution is -2.15. The van der Waals surface area contributed by atoms with Gasteiger partial charge in [-0.15, -0.1) is 11.6 Å². The Kier molecular flexibility index (Phi) is 2.74. The van der Waals surface area contributed by atoms with Crippen molar-refractivity contribution >= 4 is 21.7 Å². The molecular weight excluding hydrogens is 192 g/mol.